The van der Waals surface area contributed by atoms with E-state index in [0.717, 1.165) is 6.42 Å². The van der Waals surface area contributed by atoms with Gasteiger partial charge in [0, 0.05) is 12.6 Å². The zero-order valence-corrected chi connectivity index (χ0v) is 7.46. The lowest BCUT2D eigenvalue weighted by molar-refractivity contribution is 0.569. The van der Waals surface area contributed by atoms with Gasteiger partial charge >= 0.3 is 0 Å². The van der Waals surface area contributed by atoms with Crippen molar-refractivity contribution in [1.29, 1.82) is 0 Å². The predicted molar refractivity (Wildman–Crippen MR) is 52.0 cm³/mol. The first-order valence-corrected chi connectivity index (χ1v) is 4.28. The Bertz CT molecular complexity index is 204. The summed E-state index contributed by atoms with van der Waals surface area (Å²) in [5.41, 5.74) is 6.90. The SMILES string of the molecule is CN[C@H](CN)Cc1ccccc1. The second-order valence-corrected chi connectivity index (χ2v) is 2.91. The monoisotopic (exact) mass is 164 g/mol. The van der Waals surface area contributed by atoms with Crippen LogP contribution < -0.4 is 11.1 Å². The molecule has 2 heteroatoms. The van der Waals surface area contributed by atoms with Gasteiger partial charge < -0.3 is 11.1 Å². The Balaban J connectivity index is 2.51. The molecule has 0 radical (unpaired) electrons. The van der Waals surface area contributed by atoms with Gasteiger partial charge in [-0.3, -0.25) is 0 Å². The molecule has 0 heterocycles. The fourth-order valence-electron chi connectivity index (χ4n) is 1.20. The van der Waals surface area contributed by atoms with E-state index in [1.54, 1.807) is 0 Å². The van der Waals surface area contributed by atoms with E-state index in [4.69, 9.17) is 5.73 Å². The number of benzene rings is 1. The maximum atomic E-state index is 5.57. The average Bonchev–Trinajstić information content (AvgIpc) is 2.16. The number of hydrogen-bond donors (Lipinski definition) is 2. The normalized spacial score (nSPS) is 12.8. The first-order chi connectivity index (χ1) is 5.86. The molecule has 1 aromatic rings. The highest BCUT2D eigenvalue weighted by molar-refractivity contribution is 5.15. The van der Waals surface area contributed by atoms with Crippen LogP contribution in [0.15, 0.2) is 30.3 Å². The lowest BCUT2D eigenvalue weighted by Crippen LogP contribution is -2.35. The predicted octanol–water partition coefficient (Wildman–Crippen LogP) is 0.776. The lowest BCUT2D eigenvalue weighted by Gasteiger charge is -2.12. The van der Waals surface area contributed by atoms with Crippen molar-refractivity contribution >= 4 is 0 Å². The summed E-state index contributed by atoms with van der Waals surface area (Å²) in [5.74, 6) is 0. The summed E-state index contributed by atoms with van der Waals surface area (Å²) in [6.45, 7) is 0.686. The van der Waals surface area contributed by atoms with Crippen LogP contribution in [0.2, 0.25) is 0 Å². The molecule has 0 aliphatic heterocycles. The highest BCUT2D eigenvalue weighted by atomic mass is 14.9. The van der Waals surface area contributed by atoms with Crippen LogP contribution in [-0.2, 0) is 6.42 Å². The van der Waals surface area contributed by atoms with E-state index in [1.807, 2.05) is 13.1 Å². The van der Waals surface area contributed by atoms with E-state index in [2.05, 4.69) is 29.6 Å². The molecule has 2 nitrogen and oxygen atoms in total. The lowest BCUT2D eigenvalue weighted by atomic mass is 10.1. The summed E-state index contributed by atoms with van der Waals surface area (Å²) in [5, 5.41) is 3.18. The van der Waals surface area contributed by atoms with Crippen LogP contribution in [0.25, 0.3) is 0 Å². The molecule has 0 saturated heterocycles. The number of nitrogens with one attached hydrogen (secondary N) is 1. The van der Waals surface area contributed by atoms with Crippen molar-refractivity contribution < 1.29 is 0 Å². The molecule has 1 atom stereocenters. The Morgan fingerprint density at radius 3 is 2.50 bits per heavy atom. The summed E-state index contributed by atoms with van der Waals surface area (Å²) in [7, 11) is 1.94. The van der Waals surface area contributed by atoms with Gasteiger partial charge in [-0.05, 0) is 19.0 Å². The number of hydrogen-bond acceptors (Lipinski definition) is 2. The van der Waals surface area contributed by atoms with Crippen LogP contribution in [0.3, 0.4) is 0 Å². The Kier molecular flexibility index (Phi) is 3.77. The summed E-state index contributed by atoms with van der Waals surface area (Å²) < 4.78 is 0. The first kappa shape index (κ1) is 9.23. The van der Waals surface area contributed by atoms with Crippen molar-refractivity contribution in [3.63, 3.8) is 0 Å². The number of nitrogens with two attached hydrogens (primary N) is 1. The molecule has 0 unspecified atom stereocenters. The summed E-state index contributed by atoms with van der Waals surface area (Å²) in [6.07, 6.45) is 1.01. The maximum absolute atomic E-state index is 5.57. The third kappa shape index (κ3) is 2.64. The molecule has 3 N–H and O–H groups in total. The fourth-order valence-corrected chi connectivity index (χ4v) is 1.20. The minimum atomic E-state index is 0.396. The maximum Gasteiger partial charge on any atom is 0.0227 e. The minimum absolute atomic E-state index is 0.396. The van der Waals surface area contributed by atoms with Crippen molar-refractivity contribution in [2.45, 2.75) is 12.5 Å². The van der Waals surface area contributed by atoms with E-state index in [9.17, 15) is 0 Å². The zero-order valence-electron chi connectivity index (χ0n) is 7.46. The van der Waals surface area contributed by atoms with Crippen molar-refractivity contribution in [3.8, 4) is 0 Å². The van der Waals surface area contributed by atoms with Crippen LogP contribution in [0.1, 0.15) is 5.56 Å². The van der Waals surface area contributed by atoms with E-state index >= 15 is 0 Å². The van der Waals surface area contributed by atoms with Gasteiger partial charge in [0.05, 0.1) is 0 Å². The second-order valence-electron chi connectivity index (χ2n) is 2.91. The van der Waals surface area contributed by atoms with Gasteiger partial charge in [-0.2, -0.15) is 0 Å². The van der Waals surface area contributed by atoms with Crippen LogP contribution in [0.4, 0.5) is 0 Å². The molecule has 1 aromatic carbocycles. The molecule has 0 fully saturated rings. The molecule has 0 aromatic heterocycles. The fraction of sp³-hybridized carbons (Fsp3) is 0.400. The van der Waals surface area contributed by atoms with Gasteiger partial charge in [0.15, 0.2) is 0 Å². The van der Waals surface area contributed by atoms with Gasteiger partial charge in [-0.15, -0.1) is 0 Å². The van der Waals surface area contributed by atoms with Crippen molar-refractivity contribution in [1.82, 2.24) is 5.32 Å². The van der Waals surface area contributed by atoms with Crippen LogP contribution in [0, 0.1) is 0 Å². The highest BCUT2D eigenvalue weighted by Gasteiger charge is 2.02. The molecule has 66 valence electrons. The van der Waals surface area contributed by atoms with E-state index in [1.165, 1.54) is 5.56 Å². The van der Waals surface area contributed by atoms with Crippen LogP contribution in [0.5, 0.6) is 0 Å². The minimum Gasteiger partial charge on any atom is -0.329 e. The molecule has 12 heavy (non-hydrogen) atoms. The van der Waals surface area contributed by atoms with Crippen molar-refractivity contribution in [2.24, 2.45) is 5.73 Å². The Morgan fingerprint density at radius 2 is 2.00 bits per heavy atom. The molecule has 0 amide bonds. The quantitative estimate of drug-likeness (QED) is 0.690. The first-order valence-electron chi connectivity index (χ1n) is 4.28. The molecule has 0 aliphatic rings. The molecule has 0 spiro atoms. The van der Waals surface area contributed by atoms with E-state index in [-0.39, 0.29) is 0 Å². The molecular weight excluding hydrogens is 148 g/mol. The number of likely N-dealkylation sites (N-methyl/N-ethyl adjacent to an activating group) is 1. The molecule has 0 bridgehead atoms. The highest BCUT2D eigenvalue weighted by Crippen LogP contribution is 2.01. The van der Waals surface area contributed by atoms with Crippen LogP contribution in [-0.4, -0.2) is 19.6 Å². The van der Waals surface area contributed by atoms with Gasteiger partial charge in [-0.25, -0.2) is 0 Å². The standard InChI is InChI=1S/C10H16N2/c1-12-10(8-11)7-9-5-3-2-4-6-9/h2-6,10,12H,7-8,11H2,1H3/t10-/m0/s1. The van der Waals surface area contributed by atoms with Gasteiger partial charge in [0.2, 0.25) is 0 Å². The topological polar surface area (TPSA) is 38.0 Å². The average molecular weight is 164 g/mol. The van der Waals surface area contributed by atoms with Crippen molar-refractivity contribution in [2.75, 3.05) is 13.6 Å². The zero-order chi connectivity index (χ0) is 8.81. The van der Waals surface area contributed by atoms with Gasteiger partial charge in [0.1, 0.15) is 0 Å². The molecule has 0 saturated carbocycles. The largest absolute Gasteiger partial charge is 0.329 e. The summed E-state index contributed by atoms with van der Waals surface area (Å²) >= 11 is 0. The van der Waals surface area contributed by atoms with Crippen molar-refractivity contribution in [3.05, 3.63) is 35.9 Å². The molecular formula is C10H16N2. The Hall–Kier alpha value is -0.860. The Labute approximate surface area is 73.8 Å². The summed E-state index contributed by atoms with van der Waals surface area (Å²) in [4.78, 5) is 0. The second kappa shape index (κ2) is 4.91. The van der Waals surface area contributed by atoms with Crippen LogP contribution >= 0.6 is 0 Å². The smallest absolute Gasteiger partial charge is 0.0227 e. The summed E-state index contributed by atoms with van der Waals surface area (Å²) in [6, 6.07) is 10.8. The van der Waals surface area contributed by atoms with E-state index < -0.39 is 0 Å². The molecule has 1 rings (SSSR count). The van der Waals surface area contributed by atoms with E-state index in [0.29, 0.717) is 12.6 Å². The molecule has 0 aliphatic carbocycles. The van der Waals surface area contributed by atoms with Gasteiger partial charge in [0.25, 0.3) is 0 Å². The third-order valence-corrected chi connectivity index (χ3v) is 2.02. The Morgan fingerprint density at radius 1 is 1.33 bits per heavy atom. The van der Waals surface area contributed by atoms with Gasteiger partial charge in [-0.1, -0.05) is 30.3 Å². The third-order valence-electron chi connectivity index (χ3n) is 2.02. The number of rotatable bonds is 4.